The molecule has 0 bridgehead atoms. The van der Waals surface area contributed by atoms with Crippen molar-refractivity contribution in [3.63, 3.8) is 0 Å². The zero-order chi connectivity index (χ0) is 21.3. The predicted octanol–water partition coefficient (Wildman–Crippen LogP) is 5.07. The number of carbonyl (C=O) groups excluding carboxylic acids is 3. The number of amides is 2. The molecule has 1 rings (SSSR count). The van der Waals surface area contributed by atoms with Crippen molar-refractivity contribution in [1.29, 1.82) is 0 Å². The van der Waals surface area contributed by atoms with E-state index in [0.29, 0.717) is 24.2 Å². The van der Waals surface area contributed by atoms with Gasteiger partial charge in [0.15, 0.2) is 0 Å². The Balaban J connectivity index is 2.27. The van der Waals surface area contributed by atoms with Gasteiger partial charge in [0, 0.05) is 18.4 Å². The summed E-state index contributed by atoms with van der Waals surface area (Å²) in [6, 6.07) is 6.30. The van der Waals surface area contributed by atoms with Crippen molar-refractivity contribution in [2.24, 2.45) is 0 Å². The Morgan fingerprint density at radius 1 is 0.724 bits per heavy atom. The largest absolute Gasteiger partial charge is 0.427 e. The molecule has 0 saturated heterocycles. The summed E-state index contributed by atoms with van der Waals surface area (Å²) in [5, 5.41) is 0. The third kappa shape index (κ3) is 11.9. The van der Waals surface area contributed by atoms with Gasteiger partial charge in [-0.05, 0) is 37.1 Å². The van der Waals surface area contributed by atoms with Gasteiger partial charge >= 0.3 is 5.97 Å². The van der Waals surface area contributed by atoms with Gasteiger partial charge < -0.3 is 4.74 Å². The normalized spacial score (nSPS) is 10.4. The number of benzene rings is 1. The second-order valence-electron chi connectivity index (χ2n) is 7.33. The zero-order valence-corrected chi connectivity index (χ0v) is 17.9. The molecule has 0 aliphatic rings. The van der Waals surface area contributed by atoms with Crippen LogP contribution in [0.25, 0.3) is 0 Å². The Labute approximate surface area is 174 Å². The van der Waals surface area contributed by atoms with Gasteiger partial charge in [-0.2, -0.15) is 0 Å². The SMILES string of the molecule is CCCCCCCC(=O)NNC(=O)c1ccc(OC(=O)CCCCCCC)cc1. The lowest BCUT2D eigenvalue weighted by Gasteiger charge is -2.08. The molecule has 1 aromatic carbocycles. The van der Waals surface area contributed by atoms with E-state index in [1.807, 2.05) is 0 Å². The van der Waals surface area contributed by atoms with Gasteiger partial charge in [0.25, 0.3) is 5.91 Å². The second-order valence-corrected chi connectivity index (χ2v) is 7.33. The fourth-order valence-corrected chi connectivity index (χ4v) is 2.88. The lowest BCUT2D eigenvalue weighted by molar-refractivity contribution is -0.134. The zero-order valence-electron chi connectivity index (χ0n) is 17.9. The van der Waals surface area contributed by atoms with Gasteiger partial charge in [0.1, 0.15) is 5.75 Å². The Bertz CT molecular complexity index is 614. The Kier molecular flexibility index (Phi) is 13.2. The maximum atomic E-state index is 12.1. The highest BCUT2D eigenvalue weighted by Gasteiger charge is 2.09. The molecule has 0 aliphatic heterocycles. The van der Waals surface area contributed by atoms with Gasteiger partial charge in [-0.1, -0.05) is 65.2 Å². The molecule has 6 heteroatoms. The van der Waals surface area contributed by atoms with Crippen LogP contribution in [0.15, 0.2) is 24.3 Å². The number of hydrazine groups is 1. The van der Waals surface area contributed by atoms with Crippen LogP contribution in [0.1, 0.15) is 101 Å². The van der Waals surface area contributed by atoms with Crippen LogP contribution in [0, 0.1) is 0 Å². The summed E-state index contributed by atoms with van der Waals surface area (Å²) < 4.78 is 5.29. The minimum Gasteiger partial charge on any atom is -0.427 e. The van der Waals surface area contributed by atoms with Gasteiger partial charge in [0.2, 0.25) is 5.91 Å². The van der Waals surface area contributed by atoms with Gasteiger partial charge in [-0.3, -0.25) is 25.2 Å². The summed E-state index contributed by atoms with van der Waals surface area (Å²) in [4.78, 5) is 35.7. The summed E-state index contributed by atoms with van der Waals surface area (Å²) in [5.41, 5.74) is 5.22. The van der Waals surface area contributed by atoms with Crippen LogP contribution in [-0.2, 0) is 9.59 Å². The maximum Gasteiger partial charge on any atom is 0.311 e. The second kappa shape index (κ2) is 15.5. The van der Waals surface area contributed by atoms with Crippen LogP contribution in [0.2, 0.25) is 0 Å². The molecule has 0 unspecified atom stereocenters. The number of ether oxygens (including phenoxy) is 1. The Morgan fingerprint density at radius 3 is 1.86 bits per heavy atom. The van der Waals surface area contributed by atoms with Crippen LogP contribution < -0.4 is 15.6 Å². The summed E-state index contributed by atoms with van der Waals surface area (Å²) in [7, 11) is 0. The molecule has 0 fully saturated rings. The van der Waals surface area contributed by atoms with E-state index >= 15 is 0 Å². The molecule has 0 atom stereocenters. The molecule has 0 spiro atoms. The monoisotopic (exact) mass is 404 g/mol. The van der Waals surface area contributed by atoms with Crippen molar-refractivity contribution in [2.75, 3.05) is 0 Å². The molecule has 0 aromatic heterocycles. The van der Waals surface area contributed by atoms with E-state index in [0.717, 1.165) is 38.5 Å². The van der Waals surface area contributed by atoms with Gasteiger partial charge in [-0.25, -0.2) is 0 Å². The molecule has 6 nitrogen and oxygen atoms in total. The molecule has 29 heavy (non-hydrogen) atoms. The first-order chi connectivity index (χ1) is 14.1. The molecule has 162 valence electrons. The van der Waals surface area contributed by atoms with E-state index < -0.39 is 5.91 Å². The van der Waals surface area contributed by atoms with E-state index in [1.165, 1.54) is 25.7 Å². The standard InChI is InChI=1S/C23H36N2O4/c1-3-5-7-9-11-13-21(26)24-25-23(28)19-15-17-20(18-16-19)29-22(27)14-12-10-8-6-4-2/h15-18H,3-14H2,1-2H3,(H,24,26)(H,25,28). The number of hydrogen-bond acceptors (Lipinski definition) is 4. The Morgan fingerprint density at radius 2 is 1.28 bits per heavy atom. The van der Waals surface area contributed by atoms with Crippen molar-refractivity contribution in [3.05, 3.63) is 29.8 Å². The summed E-state index contributed by atoms with van der Waals surface area (Å²) in [6.45, 7) is 4.30. The Hall–Kier alpha value is -2.37. The topological polar surface area (TPSA) is 84.5 Å². The minimum absolute atomic E-state index is 0.195. The third-order valence-electron chi connectivity index (χ3n) is 4.66. The molecule has 0 radical (unpaired) electrons. The first-order valence-electron chi connectivity index (χ1n) is 11.0. The molecular weight excluding hydrogens is 368 g/mol. The smallest absolute Gasteiger partial charge is 0.311 e. The number of carbonyl (C=O) groups is 3. The molecule has 1 aromatic rings. The van der Waals surface area contributed by atoms with Crippen molar-refractivity contribution in [1.82, 2.24) is 10.9 Å². The highest BCUT2D eigenvalue weighted by molar-refractivity contribution is 5.95. The first kappa shape index (κ1) is 24.7. The summed E-state index contributed by atoms with van der Waals surface area (Å²) in [6.07, 6.45) is 11.5. The number of rotatable bonds is 14. The fourth-order valence-electron chi connectivity index (χ4n) is 2.88. The number of unbranched alkanes of at least 4 members (excludes halogenated alkanes) is 8. The van der Waals surface area contributed by atoms with E-state index in [1.54, 1.807) is 24.3 Å². The van der Waals surface area contributed by atoms with Crippen molar-refractivity contribution < 1.29 is 19.1 Å². The van der Waals surface area contributed by atoms with Crippen LogP contribution in [0.5, 0.6) is 5.75 Å². The molecule has 0 saturated carbocycles. The predicted molar refractivity (Wildman–Crippen MR) is 114 cm³/mol. The van der Waals surface area contributed by atoms with Crippen LogP contribution in [0.4, 0.5) is 0 Å². The fraction of sp³-hybridized carbons (Fsp3) is 0.609. The van der Waals surface area contributed by atoms with E-state index in [2.05, 4.69) is 24.7 Å². The lowest BCUT2D eigenvalue weighted by Crippen LogP contribution is -2.41. The molecular formula is C23H36N2O4. The number of nitrogens with one attached hydrogen (secondary N) is 2. The molecule has 0 aliphatic carbocycles. The van der Waals surface area contributed by atoms with Crippen LogP contribution >= 0.6 is 0 Å². The van der Waals surface area contributed by atoms with Crippen molar-refractivity contribution in [3.8, 4) is 5.75 Å². The van der Waals surface area contributed by atoms with E-state index in [4.69, 9.17) is 4.74 Å². The number of hydrogen-bond donors (Lipinski definition) is 2. The molecule has 0 heterocycles. The summed E-state index contributed by atoms with van der Waals surface area (Å²) >= 11 is 0. The first-order valence-corrected chi connectivity index (χ1v) is 11.0. The van der Waals surface area contributed by atoms with Crippen LogP contribution in [-0.4, -0.2) is 17.8 Å². The maximum absolute atomic E-state index is 12.1. The van der Waals surface area contributed by atoms with E-state index in [-0.39, 0.29) is 11.9 Å². The average Bonchev–Trinajstić information content (AvgIpc) is 2.72. The highest BCUT2D eigenvalue weighted by Crippen LogP contribution is 2.14. The minimum atomic E-state index is -0.405. The lowest BCUT2D eigenvalue weighted by atomic mass is 10.1. The van der Waals surface area contributed by atoms with Crippen molar-refractivity contribution in [2.45, 2.75) is 90.9 Å². The third-order valence-corrected chi connectivity index (χ3v) is 4.66. The summed E-state index contributed by atoms with van der Waals surface area (Å²) in [5.74, 6) is -0.446. The van der Waals surface area contributed by atoms with Crippen molar-refractivity contribution >= 4 is 17.8 Å². The average molecular weight is 405 g/mol. The number of esters is 1. The quantitative estimate of drug-likeness (QED) is 0.196. The van der Waals surface area contributed by atoms with Gasteiger partial charge in [-0.15, -0.1) is 0 Å². The van der Waals surface area contributed by atoms with Crippen LogP contribution in [0.3, 0.4) is 0 Å². The molecule has 2 N–H and O–H groups in total. The molecule has 2 amide bonds. The highest BCUT2D eigenvalue weighted by atomic mass is 16.5. The van der Waals surface area contributed by atoms with E-state index in [9.17, 15) is 14.4 Å². The van der Waals surface area contributed by atoms with Gasteiger partial charge in [0.05, 0.1) is 0 Å².